The van der Waals surface area contributed by atoms with E-state index < -0.39 is 0 Å². The Morgan fingerprint density at radius 3 is 2.86 bits per heavy atom. The van der Waals surface area contributed by atoms with Gasteiger partial charge in [0, 0.05) is 25.3 Å². The standard InChI is InChI=1S/C21H20N4O3/c1-23-16-5-3-2-4-15(16)22-20(23)11-24-10-14-8-17(24)21(26)25(14)13-6-7-18-19(9-13)28-12-27-18/h2-7,9,14,17H,8,10-12H2,1H3/t14-,17-/m0/s1. The van der Waals surface area contributed by atoms with Gasteiger partial charge in [-0.1, -0.05) is 12.1 Å². The predicted octanol–water partition coefficient (Wildman–Crippen LogP) is 2.29. The number of amides is 1. The Morgan fingerprint density at radius 1 is 1.14 bits per heavy atom. The first-order valence-corrected chi connectivity index (χ1v) is 9.56. The maximum absolute atomic E-state index is 13.1. The fraction of sp³-hybridized carbons (Fsp3) is 0.333. The molecule has 0 saturated carbocycles. The number of piperazine rings is 1. The minimum Gasteiger partial charge on any atom is -0.454 e. The van der Waals surface area contributed by atoms with Gasteiger partial charge in [-0.05, 0) is 30.7 Å². The van der Waals surface area contributed by atoms with E-state index in [0.29, 0.717) is 12.3 Å². The summed E-state index contributed by atoms with van der Waals surface area (Å²) in [5.41, 5.74) is 3.01. The molecule has 7 heteroatoms. The summed E-state index contributed by atoms with van der Waals surface area (Å²) in [5.74, 6) is 2.61. The third-order valence-corrected chi connectivity index (χ3v) is 6.13. The molecule has 142 valence electrons. The van der Waals surface area contributed by atoms with Gasteiger partial charge in [0.15, 0.2) is 11.5 Å². The Labute approximate surface area is 162 Å². The Kier molecular flexibility index (Phi) is 3.26. The van der Waals surface area contributed by atoms with Gasteiger partial charge in [0.1, 0.15) is 5.82 Å². The smallest absolute Gasteiger partial charge is 0.244 e. The van der Waals surface area contributed by atoms with E-state index in [4.69, 9.17) is 14.5 Å². The fourth-order valence-electron chi connectivity index (χ4n) is 4.73. The molecule has 2 aromatic carbocycles. The zero-order valence-corrected chi connectivity index (χ0v) is 15.5. The van der Waals surface area contributed by atoms with Gasteiger partial charge in [-0.25, -0.2) is 4.98 Å². The molecular formula is C21H20N4O3. The Balaban J connectivity index is 1.25. The quantitative estimate of drug-likeness (QED) is 0.702. The van der Waals surface area contributed by atoms with Gasteiger partial charge < -0.3 is 18.9 Å². The molecule has 3 aliphatic rings. The van der Waals surface area contributed by atoms with E-state index >= 15 is 0 Å². The molecule has 28 heavy (non-hydrogen) atoms. The van der Waals surface area contributed by atoms with Gasteiger partial charge in [-0.3, -0.25) is 9.69 Å². The van der Waals surface area contributed by atoms with Gasteiger partial charge in [-0.2, -0.15) is 0 Å². The minimum atomic E-state index is -0.0877. The molecular weight excluding hydrogens is 356 g/mol. The number of ether oxygens (including phenoxy) is 2. The lowest BCUT2D eigenvalue weighted by Crippen LogP contribution is -2.50. The second-order valence-electron chi connectivity index (χ2n) is 7.66. The van der Waals surface area contributed by atoms with Gasteiger partial charge in [0.05, 0.1) is 29.7 Å². The lowest BCUT2D eigenvalue weighted by molar-refractivity contribution is -0.122. The Hall–Kier alpha value is -3.06. The molecule has 2 bridgehead atoms. The number of aromatic nitrogens is 2. The zero-order valence-electron chi connectivity index (χ0n) is 15.5. The van der Waals surface area contributed by atoms with Crippen molar-refractivity contribution in [1.82, 2.24) is 14.5 Å². The number of aryl methyl sites for hydroxylation is 1. The first-order chi connectivity index (χ1) is 13.7. The highest BCUT2D eigenvalue weighted by Gasteiger charge is 2.50. The van der Waals surface area contributed by atoms with Crippen LogP contribution in [0.15, 0.2) is 42.5 Å². The van der Waals surface area contributed by atoms with E-state index in [9.17, 15) is 4.79 Å². The van der Waals surface area contributed by atoms with Crippen LogP contribution in [0.2, 0.25) is 0 Å². The number of fused-ring (bicyclic) bond motifs is 4. The van der Waals surface area contributed by atoms with Crippen molar-refractivity contribution < 1.29 is 14.3 Å². The number of imidazole rings is 1. The van der Waals surface area contributed by atoms with Gasteiger partial charge in [-0.15, -0.1) is 0 Å². The van der Waals surface area contributed by atoms with E-state index in [2.05, 4.69) is 15.5 Å². The van der Waals surface area contributed by atoms with Crippen LogP contribution >= 0.6 is 0 Å². The van der Waals surface area contributed by atoms with Crippen LogP contribution in [0.5, 0.6) is 11.5 Å². The van der Waals surface area contributed by atoms with Crippen molar-refractivity contribution in [3.8, 4) is 11.5 Å². The Morgan fingerprint density at radius 2 is 2.00 bits per heavy atom. The second-order valence-corrected chi connectivity index (χ2v) is 7.66. The molecule has 0 radical (unpaired) electrons. The number of carbonyl (C=O) groups is 1. The summed E-state index contributed by atoms with van der Waals surface area (Å²) in [6.07, 6.45) is 0.858. The number of para-hydroxylation sites is 2. The molecule has 1 aromatic heterocycles. The maximum atomic E-state index is 13.1. The topological polar surface area (TPSA) is 59.8 Å². The van der Waals surface area contributed by atoms with E-state index in [1.54, 1.807) is 0 Å². The first-order valence-electron chi connectivity index (χ1n) is 9.56. The first kappa shape index (κ1) is 15.9. The molecule has 0 aliphatic carbocycles. The lowest BCUT2D eigenvalue weighted by atomic mass is 10.2. The molecule has 3 aliphatic heterocycles. The molecule has 6 rings (SSSR count). The molecule has 2 saturated heterocycles. The van der Waals surface area contributed by atoms with Gasteiger partial charge >= 0.3 is 0 Å². The second kappa shape index (κ2) is 5.72. The summed E-state index contributed by atoms with van der Waals surface area (Å²) >= 11 is 0. The number of hydrogen-bond donors (Lipinski definition) is 0. The van der Waals surface area contributed by atoms with Crippen LogP contribution in [0.25, 0.3) is 11.0 Å². The van der Waals surface area contributed by atoms with E-state index in [1.165, 1.54) is 0 Å². The maximum Gasteiger partial charge on any atom is 0.244 e. The predicted molar refractivity (Wildman–Crippen MR) is 103 cm³/mol. The summed E-state index contributed by atoms with van der Waals surface area (Å²) < 4.78 is 13.0. The third kappa shape index (κ3) is 2.19. The van der Waals surface area contributed by atoms with Crippen LogP contribution in [-0.2, 0) is 18.4 Å². The van der Waals surface area contributed by atoms with Crippen molar-refractivity contribution in [2.24, 2.45) is 7.05 Å². The van der Waals surface area contributed by atoms with Crippen LogP contribution in [0.3, 0.4) is 0 Å². The van der Waals surface area contributed by atoms with Crippen molar-refractivity contribution in [2.45, 2.75) is 25.0 Å². The summed E-state index contributed by atoms with van der Waals surface area (Å²) in [5, 5.41) is 0. The summed E-state index contributed by atoms with van der Waals surface area (Å²) in [7, 11) is 2.04. The summed E-state index contributed by atoms with van der Waals surface area (Å²) in [6, 6.07) is 14.0. The summed E-state index contributed by atoms with van der Waals surface area (Å²) in [6.45, 7) is 1.78. The van der Waals surface area contributed by atoms with Crippen LogP contribution in [0, 0.1) is 0 Å². The normalized spacial score (nSPS) is 23.3. The number of rotatable bonds is 3. The van der Waals surface area contributed by atoms with Gasteiger partial charge in [0.2, 0.25) is 12.7 Å². The molecule has 3 aromatic rings. The van der Waals surface area contributed by atoms with Crippen molar-refractivity contribution in [2.75, 3.05) is 18.2 Å². The van der Waals surface area contributed by atoms with Crippen molar-refractivity contribution >= 4 is 22.6 Å². The van der Waals surface area contributed by atoms with Crippen LogP contribution < -0.4 is 14.4 Å². The van der Waals surface area contributed by atoms with Crippen LogP contribution in [-0.4, -0.2) is 45.8 Å². The fourth-order valence-corrected chi connectivity index (χ4v) is 4.73. The largest absolute Gasteiger partial charge is 0.454 e. The lowest BCUT2D eigenvalue weighted by Gasteiger charge is -2.33. The molecule has 2 atom stereocenters. The average Bonchev–Trinajstić information content (AvgIpc) is 3.45. The summed E-state index contributed by atoms with van der Waals surface area (Å²) in [4.78, 5) is 22.1. The van der Waals surface area contributed by atoms with E-state index in [1.807, 2.05) is 48.3 Å². The van der Waals surface area contributed by atoms with Crippen molar-refractivity contribution in [3.63, 3.8) is 0 Å². The molecule has 7 nitrogen and oxygen atoms in total. The highest BCUT2D eigenvalue weighted by atomic mass is 16.7. The number of hydrogen-bond acceptors (Lipinski definition) is 5. The molecule has 0 spiro atoms. The molecule has 2 fully saturated rings. The molecule has 0 N–H and O–H groups in total. The van der Waals surface area contributed by atoms with E-state index in [0.717, 1.165) is 41.3 Å². The monoisotopic (exact) mass is 376 g/mol. The van der Waals surface area contributed by atoms with Crippen LogP contribution in [0.4, 0.5) is 5.69 Å². The third-order valence-electron chi connectivity index (χ3n) is 6.13. The molecule has 0 unspecified atom stereocenters. The number of anilines is 1. The van der Waals surface area contributed by atoms with E-state index in [-0.39, 0.29) is 24.8 Å². The Bertz CT molecular complexity index is 1110. The number of carbonyl (C=O) groups excluding carboxylic acids is 1. The zero-order chi connectivity index (χ0) is 18.8. The number of likely N-dealkylation sites (tertiary alicyclic amines) is 1. The molecule has 4 heterocycles. The average molecular weight is 376 g/mol. The minimum absolute atomic E-state index is 0.0877. The molecule has 1 amide bonds. The van der Waals surface area contributed by atoms with Crippen molar-refractivity contribution in [3.05, 3.63) is 48.3 Å². The van der Waals surface area contributed by atoms with Crippen LogP contribution in [0.1, 0.15) is 12.2 Å². The van der Waals surface area contributed by atoms with Gasteiger partial charge in [0.25, 0.3) is 0 Å². The van der Waals surface area contributed by atoms with Crippen molar-refractivity contribution in [1.29, 1.82) is 0 Å². The highest BCUT2D eigenvalue weighted by molar-refractivity contribution is 6.01. The number of nitrogens with zero attached hydrogens (tertiary/aromatic N) is 4. The number of benzene rings is 2. The highest BCUT2D eigenvalue weighted by Crippen LogP contribution is 2.41. The SMILES string of the molecule is Cn1c(CN2C[C@@H]3C[C@H]2C(=O)N3c2ccc3c(c2)OCO3)nc2ccccc21.